The van der Waals surface area contributed by atoms with Crippen LogP contribution in [-0.2, 0) is 0 Å². The second-order valence-corrected chi connectivity index (χ2v) is 4.04. The van der Waals surface area contributed by atoms with Crippen molar-refractivity contribution in [2.75, 3.05) is 23.5 Å². The molecule has 0 radical (unpaired) electrons. The number of hydrazine groups is 1. The number of halogens is 1. The average Bonchev–Trinajstić information content (AvgIpc) is 2.50. The molecular weight excluding hydrogens is 275 g/mol. The Morgan fingerprint density at radius 2 is 1.90 bits per heavy atom. The second-order valence-electron chi connectivity index (χ2n) is 4.04. The molecule has 0 fully saturated rings. The SMILES string of the molecule is CCOc1nc(NN)nc(N(CC)c2ccc(F)cc2)n1. The minimum Gasteiger partial charge on any atom is -0.464 e. The molecule has 0 amide bonds. The van der Waals surface area contributed by atoms with Crippen molar-refractivity contribution < 1.29 is 9.13 Å². The Labute approximate surface area is 122 Å². The van der Waals surface area contributed by atoms with Gasteiger partial charge in [0.25, 0.3) is 0 Å². The van der Waals surface area contributed by atoms with Gasteiger partial charge in [-0.15, -0.1) is 0 Å². The number of hydrogen-bond donors (Lipinski definition) is 2. The van der Waals surface area contributed by atoms with Crippen molar-refractivity contribution in [1.82, 2.24) is 15.0 Å². The number of benzene rings is 1. The van der Waals surface area contributed by atoms with E-state index in [-0.39, 0.29) is 17.8 Å². The van der Waals surface area contributed by atoms with Gasteiger partial charge in [0.05, 0.1) is 6.61 Å². The molecule has 0 saturated carbocycles. The third-order valence-corrected chi connectivity index (χ3v) is 2.70. The van der Waals surface area contributed by atoms with Crippen molar-refractivity contribution in [3.8, 4) is 6.01 Å². The van der Waals surface area contributed by atoms with E-state index in [0.717, 1.165) is 5.69 Å². The predicted octanol–water partition coefficient (Wildman–Crippen LogP) is 1.85. The van der Waals surface area contributed by atoms with Crippen molar-refractivity contribution in [3.05, 3.63) is 30.1 Å². The number of nitrogens with one attached hydrogen (secondary N) is 1. The summed E-state index contributed by atoms with van der Waals surface area (Å²) < 4.78 is 18.3. The van der Waals surface area contributed by atoms with Crippen LogP contribution in [-0.4, -0.2) is 28.1 Å². The fraction of sp³-hybridized carbons (Fsp3) is 0.308. The zero-order valence-corrected chi connectivity index (χ0v) is 11.9. The number of rotatable bonds is 6. The summed E-state index contributed by atoms with van der Waals surface area (Å²) in [5, 5.41) is 0. The maximum atomic E-state index is 13.0. The van der Waals surface area contributed by atoms with E-state index in [4.69, 9.17) is 10.6 Å². The van der Waals surface area contributed by atoms with Gasteiger partial charge in [-0.25, -0.2) is 10.2 Å². The lowest BCUT2D eigenvalue weighted by Crippen LogP contribution is -2.21. The van der Waals surface area contributed by atoms with Gasteiger partial charge in [-0.1, -0.05) is 0 Å². The lowest BCUT2D eigenvalue weighted by atomic mass is 10.3. The van der Waals surface area contributed by atoms with Gasteiger partial charge in [-0.05, 0) is 38.1 Å². The summed E-state index contributed by atoms with van der Waals surface area (Å²) in [6.45, 7) is 4.78. The first-order chi connectivity index (χ1) is 10.2. The van der Waals surface area contributed by atoms with E-state index in [1.807, 2.05) is 13.8 Å². The zero-order valence-electron chi connectivity index (χ0n) is 11.9. The molecule has 0 aliphatic heterocycles. The monoisotopic (exact) mass is 292 g/mol. The van der Waals surface area contributed by atoms with Crippen LogP contribution in [0.3, 0.4) is 0 Å². The average molecular weight is 292 g/mol. The molecule has 0 bridgehead atoms. The third-order valence-electron chi connectivity index (χ3n) is 2.70. The van der Waals surface area contributed by atoms with Crippen molar-refractivity contribution in [1.29, 1.82) is 0 Å². The lowest BCUT2D eigenvalue weighted by molar-refractivity contribution is 0.312. The van der Waals surface area contributed by atoms with Crippen LogP contribution >= 0.6 is 0 Å². The molecule has 1 heterocycles. The molecule has 0 aliphatic rings. The van der Waals surface area contributed by atoms with Crippen LogP contribution < -0.4 is 20.9 Å². The van der Waals surface area contributed by atoms with Crippen LogP contribution in [0.15, 0.2) is 24.3 Å². The summed E-state index contributed by atoms with van der Waals surface area (Å²) in [4.78, 5) is 14.2. The molecule has 1 aromatic carbocycles. The summed E-state index contributed by atoms with van der Waals surface area (Å²) in [6.07, 6.45) is 0. The maximum absolute atomic E-state index is 13.0. The second kappa shape index (κ2) is 6.80. The first-order valence-corrected chi connectivity index (χ1v) is 6.56. The van der Waals surface area contributed by atoms with Crippen molar-refractivity contribution in [2.45, 2.75) is 13.8 Å². The van der Waals surface area contributed by atoms with Gasteiger partial charge in [0.2, 0.25) is 11.9 Å². The highest BCUT2D eigenvalue weighted by Gasteiger charge is 2.14. The Balaban J connectivity index is 2.40. The molecule has 0 atom stereocenters. The molecule has 0 aliphatic carbocycles. The Kier molecular flexibility index (Phi) is 4.83. The van der Waals surface area contributed by atoms with Crippen LogP contribution in [0.5, 0.6) is 6.01 Å². The molecule has 0 spiro atoms. The van der Waals surface area contributed by atoms with Crippen LogP contribution in [0.4, 0.5) is 22.0 Å². The number of nitrogens with two attached hydrogens (primary N) is 1. The topological polar surface area (TPSA) is 89.2 Å². The van der Waals surface area contributed by atoms with E-state index in [1.54, 1.807) is 17.0 Å². The molecule has 0 unspecified atom stereocenters. The van der Waals surface area contributed by atoms with E-state index in [1.165, 1.54) is 12.1 Å². The van der Waals surface area contributed by atoms with Crippen molar-refractivity contribution in [3.63, 3.8) is 0 Å². The quantitative estimate of drug-likeness (QED) is 0.620. The molecule has 8 heteroatoms. The molecule has 2 rings (SSSR count). The lowest BCUT2D eigenvalue weighted by Gasteiger charge is -2.21. The number of anilines is 3. The summed E-state index contributed by atoms with van der Waals surface area (Å²) in [6, 6.07) is 6.24. The summed E-state index contributed by atoms with van der Waals surface area (Å²) in [5.41, 5.74) is 3.14. The van der Waals surface area contributed by atoms with Gasteiger partial charge in [-0.3, -0.25) is 5.43 Å². The molecule has 112 valence electrons. The highest BCUT2D eigenvalue weighted by atomic mass is 19.1. The molecular formula is C13H17FN6O. The van der Waals surface area contributed by atoms with Crippen molar-refractivity contribution >= 4 is 17.6 Å². The van der Waals surface area contributed by atoms with E-state index in [2.05, 4.69) is 20.4 Å². The van der Waals surface area contributed by atoms with Gasteiger partial charge < -0.3 is 9.64 Å². The molecule has 1 aromatic heterocycles. The highest BCUT2D eigenvalue weighted by Crippen LogP contribution is 2.24. The normalized spacial score (nSPS) is 10.3. The molecule has 7 nitrogen and oxygen atoms in total. The highest BCUT2D eigenvalue weighted by molar-refractivity contribution is 5.57. The van der Waals surface area contributed by atoms with Gasteiger partial charge in [0, 0.05) is 12.2 Å². The fourth-order valence-electron chi connectivity index (χ4n) is 1.79. The summed E-state index contributed by atoms with van der Waals surface area (Å²) in [7, 11) is 0. The standard InChI is InChI=1S/C13H17FN6O/c1-3-20(10-7-5-9(14)6-8-10)12-16-11(19-15)17-13(18-12)21-4-2/h5-8H,3-4,15H2,1-2H3,(H,16,17,18,19). The molecule has 0 saturated heterocycles. The van der Waals surface area contributed by atoms with Gasteiger partial charge >= 0.3 is 6.01 Å². The van der Waals surface area contributed by atoms with E-state index >= 15 is 0 Å². The van der Waals surface area contributed by atoms with Crippen LogP contribution in [0.2, 0.25) is 0 Å². The molecule has 21 heavy (non-hydrogen) atoms. The van der Waals surface area contributed by atoms with Crippen LogP contribution in [0.1, 0.15) is 13.8 Å². The van der Waals surface area contributed by atoms with E-state index < -0.39 is 0 Å². The van der Waals surface area contributed by atoms with Gasteiger partial charge in [0.15, 0.2) is 0 Å². The number of ether oxygens (including phenoxy) is 1. The number of hydrogen-bond acceptors (Lipinski definition) is 7. The summed E-state index contributed by atoms with van der Waals surface area (Å²) in [5.74, 6) is 5.63. The maximum Gasteiger partial charge on any atom is 0.323 e. The molecule has 2 aromatic rings. The number of aromatic nitrogens is 3. The first-order valence-electron chi connectivity index (χ1n) is 6.56. The van der Waals surface area contributed by atoms with E-state index in [9.17, 15) is 4.39 Å². The largest absolute Gasteiger partial charge is 0.464 e. The van der Waals surface area contributed by atoms with E-state index in [0.29, 0.717) is 19.1 Å². The molecule has 3 N–H and O–H groups in total. The Bertz CT molecular complexity index is 592. The van der Waals surface area contributed by atoms with Gasteiger partial charge in [-0.2, -0.15) is 15.0 Å². The number of nitrogens with zero attached hydrogens (tertiary/aromatic N) is 4. The minimum absolute atomic E-state index is 0.177. The Morgan fingerprint density at radius 1 is 1.19 bits per heavy atom. The Morgan fingerprint density at radius 3 is 2.48 bits per heavy atom. The smallest absolute Gasteiger partial charge is 0.323 e. The minimum atomic E-state index is -0.301. The fourth-order valence-corrected chi connectivity index (χ4v) is 1.79. The van der Waals surface area contributed by atoms with Crippen LogP contribution in [0, 0.1) is 5.82 Å². The first kappa shape index (κ1) is 14.9. The van der Waals surface area contributed by atoms with Gasteiger partial charge in [0.1, 0.15) is 5.82 Å². The Hall–Kier alpha value is -2.48. The third kappa shape index (κ3) is 3.54. The summed E-state index contributed by atoms with van der Waals surface area (Å²) >= 11 is 0. The number of nitrogen functional groups attached to an aromatic ring is 1. The zero-order chi connectivity index (χ0) is 15.2. The predicted molar refractivity (Wildman–Crippen MR) is 77.9 cm³/mol. The van der Waals surface area contributed by atoms with Crippen LogP contribution in [0.25, 0.3) is 0 Å². The van der Waals surface area contributed by atoms with Crippen molar-refractivity contribution in [2.24, 2.45) is 5.84 Å².